The molecule has 0 aliphatic heterocycles. The molecule has 0 heterocycles. The van der Waals surface area contributed by atoms with Gasteiger partial charge in [-0.1, -0.05) is 74.1 Å². The highest BCUT2D eigenvalue weighted by molar-refractivity contribution is 14.1. The summed E-state index contributed by atoms with van der Waals surface area (Å²) < 4.78 is 15.8. The van der Waals surface area contributed by atoms with Crippen LogP contribution < -0.4 is 0 Å². The SMILES string of the molecule is C=C(/C=C\CCCC1CC(C(C)(C)F)[C@@H](CI)[C@@H](C)C1C)CCC. The summed E-state index contributed by atoms with van der Waals surface area (Å²) in [4.78, 5) is 0. The molecule has 0 aromatic rings. The van der Waals surface area contributed by atoms with Crippen molar-refractivity contribution in [3.8, 4) is 0 Å². The molecule has 5 atom stereocenters. The molecule has 1 aliphatic rings. The van der Waals surface area contributed by atoms with Crippen LogP contribution in [-0.4, -0.2) is 10.1 Å². The summed E-state index contributed by atoms with van der Waals surface area (Å²) in [6.07, 6.45) is 11.4. The molecule has 0 radical (unpaired) electrons. The van der Waals surface area contributed by atoms with Crippen molar-refractivity contribution in [2.24, 2.45) is 29.6 Å². The van der Waals surface area contributed by atoms with Crippen molar-refractivity contribution in [2.45, 2.75) is 78.8 Å². The van der Waals surface area contributed by atoms with Gasteiger partial charge < -0.3 is 0 Å². The zero-order chi connectivity index (χ0) is 18.3. The highest BCUT2D eigenvalue weighted by Gasteiger charge is 2.45. The van der Waals surface area contributed by atoms with Crippen LogP contribution in [0.1, 0.15) is 73.1 Å². The van der Waals surface area contributed by atoms with Gasteiger partial charge in [0.25, 0.3) is 0 Å². The zero-order valence-corrected chi connectivity index (χ0v) is 18.6. The third kappa shape index (κ3) is 6.46. The van der Waals surface area contributed by atoms with Gasteiger partial charge in [-0.3, -0.25) is 0 Å². The van der Waals surface area contributed by atoms with E-state index in [0.29, 0.717) is 23.7 Å². The molecule has 1 saturated carbocycles. The van der Waals surface area contributed by atoms with Gasteiger partial charge in [-0.05, 0) is 75.5 Å². The van der Waals surface area contributed by atoms with Gasteiger partial charge in [-0.2, -0.15) is 0 Å². The molecule has 1 aliphatic carbocycles. The molecular formula is C22H38FI. The third-order valence-electron chi connectivity index (χ3n) is 6.25. The number of alkyl halides is 2. The Morgan fingerprint density at radius 1 is 1.29 bits per heavy atom. The van der Waals surface area contributed by atoms with Crippen LogP contribution in [0.5, 0.6) is 0 Å². The predicted molar refractivity (Wildman–Crippen MR) is 115 cm³/mol. The van der Waals surface area contributed by atoms with Crippen LogP contribution in [-0.2, 0) is 0 Å². The average molecular weight is 448 g/mol. The molecule has 1 rings (SSSR count). The minimum absolute atomic E-state index is 0.213. The number of rotatable bonds is 9. The lowest BCUT2D eigenvalue weighted by atomic mass is 9.59. The number of unbranched alkanes of at least 4 members (excludes halogenated alkanes) is 1. The lowest BCUT2D eigenvalue weighted by Gasteiger charge is -2.48. The summed E-state index contributed by atoms with van der Waals surface area (Å²) in [6, 6.07) is 0. The van der Waals surface area contributed by atoms with E-state index in [4.69, 9.17) is 0 Å². The van der Waals surface area contributed by atoms with Crippen LogP contribution in [0, 0.1) is 29.6 Å². The molecule has 0 aromatic carbocycles. The molecule has 3 unspecified atom stereocenters. The first-order chi connectivity index (χ1) is 11.2. The first-order valence-corrected chi connectivity index (χ1v) is 11.3. The second kappa shape index (κ2) is 10.3. The summed E-state index contributed by atoms with van der Waals surface area (Å²) in [5, 5.41) is 0. The minimum Gasteiger partial charge on any atom is -0.244 e. The highest BCUT2D eigenvalue weighted by Crippen LogP contribution is 2.49. The topological polar surface area (TPSA) is 0 Å². The smallest absolute Gasteiger partial charge is 0.108 e. The van der Waals surface area contributed by atoms with Crippen molar-refractivity contribution in [2.75, 3.05) is 4.43 Å². The number of hydrogen-bond acceptors (Lipinski definition) is 0. The van der Waals surface area contributed by atoms with Crippen molar-refractivity contribution in [1.82, 2.24) is 0 Å². The van der Waals surface area contributed by atoms with Crippen molar-refractivity contribution < 1.29 is 4.39 Å². The summed E-state index contributed by atoms with van der Waals surface area (Å²) in [7, 11) is 0. The van der Waals surface area contributed by atoms with Gasteiger partial charge >= 0.3 is 0 Å². The van der Waals surface area contributed by atoms with E-state index in [1.807, 2.05) is 0 Å². The molecule has 0 N–H and O–H groups in total. The Morgan fingerprint density at radius 3 is 2.50 bits per heavy atom. The van der Waals surface area contributed by atoms with E-state index in [-0.39, 0.29) is 5.92 Å². The molecule has 1 fully saturated rings. The van der Waals surface area contributed by atoms with E-state index >= 15 is 0 Å². The van der Waals surface area contributed by atoms with E-state index in [1.165, 1.54) is 24.8 Å². The van der Waals surface area contributed by atoms with Gasteiger partial charge in [0.15, 0.2) is 0 Å². The van der Waals surface area contributed by atoms with Gasteiger partial charge in [-0.25, -0.2) is 4.39 Å². The van der Waals surface area contributed by atoms with E-state index in [9.17, 15) is 4.39 Å². The largest absolute Gasteiger partial charge is 0.244 e. The monoisotopic (exact) mass is 448 g/mol. The second-order valence-corrected chi connectivity index (χ2v) is 9.33. The summed E-state index contributed by atoms with van der Waals surface area (Å²) in [5.74, 6) is 2.74. The van der Waals surface area contributed by atoms with Crippen LogP contribution in [0.4, 0.5) is 4.39 Å². The standard InChI is InChI=1S/C22H38FI/c1-7-11-16(2)12-9-8-10-13-19-14-21(22(5,6)23)20(15-24)18(4)17(19)3/h9,12,17-21H,2,7-8,10-11,13-15H2,1,3-6H3/b12-9-/t17?,18-,19?,20-,21?/m0/s1. The number of hydrogen-bond donors (Lipinski definition) is 0. The molecule has 0 nitrogen and oxygen atoms in total. The summed E-state index contributed by atoms with van der Waals surface area (Å²) in [5.41, 5.74) is 0.182. The van der Waals surface area contributed by atoms with Crippen LogP contribution in [0.3, 0.4) is 0 Å². The maximum Gasteiger partial charge on any atom is 0.108 e. The molecule has 2 heteroatoms. The van der Waals surface area contributed by atoms with Crippen LogP contribution in [0.2, 0.25) is 0 Å². The Morgan fingerprint density at radius 2 is 1.96 bits per heavy atom. The number of halogens is 2. The van der Waals surface area contributed by atoms with Gasteiger partial charge in [-0.15, -0.1) is 0 Å². The molecule has 0 bridgehead atoms. The van der Waals surface area contributed by atoms with E-state index < -0.39 is 5.67 Å². The zero-order valence-electron chi connectivity index (χ0n) is 16.5. The van der Waals surface area contributed by atoms with E-state index in [0.717, 1.165) is 23.7 Å². The van der Waals surface area contributed by atoms with Crippen LogP contribution >= 0.6 is 22.6 Å². The Balaban J connectivity index is 2.57. The number of allylic oxidation sites excluding steroid dienone is 3. The van der Waals surface area contributed by atoms with Crippen LogP contribution in [0.25, 0.3) is 0 Å². The Kier molecular flexibility index (Phi) is 9.55. The molecule has 140 valence electrons. The Hall–Kier alpha value is 0.140. The third-order valence-corrected chi connectivity index (χ3v) is 7.27. The molecule has 0 saturated heterocycles. The molecule has 24 heavy (non-hydrogen) atoms. The predicted octanol–water partition coefficient (Wildman–Crippen LogP) is 7.78. The van der Waals surface area contributed by atoms with Gasteiger partial charge in [0.1, 0.15) is 5.67 Å². The van der Waals surface area contributed by atoms with Crippen molar-refractivity contribution >= 4 is 22.6 Å². The maximum atomic E-state index is 14.8. The van der Waals surface area contributed by atoms with Gasteiger partial charge in [0, 0.05) is 4.43 Å². The van der Waals surface area contributed by atoms with Crippen molar-refractivity contribution in [1.29, 1.82) is 0 Å². The second-order valence-electron chi connectivity index (χ2n) is 8.44. The normalized spacial score (nSPS) is 31.5. The fourth-order valence-corrected chi connectivity index (χ4v) is 5.89. The maximum absolute atomic E-state index is 14.8. The van der Waals surface area contributed by atoms with Crippen molar-refractivity contribution in [3.63, 3.8) is 0 Å². The molecule has 0 aromatic heterocycles. The average Bonchev–Trinajstić information content (AvgIpc) is 2.50. The Labute approximate surface area is 163 Å². The molecular weight excluding hydrogens is 410 g/mol. The van der Waals surface area contributed by atoms with Gasteiger partial charge in [0.2, 0.25) is 0 Å². The Bertz CT molecular complexity index is 407. The fourth-order valence-electron chi connectivity index (χ4n) is 4.47. The van der Waals surface area contributed by atoms with E-state index in [2.05, 4.69) is 62.1 Å². The first kappa shape index (κ1) is 22.2. The quantitative estimate of drug-likeness (QED) is 0.146. The fraction of sp³-hybridized carbons (Fsp3) is 0.818. The minimum atomic E-state index is -1.06. The van der Waals surface area contributed by atoms with Crippen molar-refractivity contribution in [3.05, 3.63) is 24.3 Å². The molecule has 0 amide bonds. The van der Waals surface area contributed by atoms with Gasteiger partial charge in [0.05, 0.1) is 0 Å². The summed E-state index contributed by atoms with van der Waals surface area (Å²) >= 11 is 2.46. The first-order valence-electron chi connectivity index (χ1n) is 9.81. The lowest BCUT2D eigenvalue weighted by Crippen LogP contribution is -2.45. The highest BCUT2D eigenvalue weighted by atomic mass is 127. The molecule has 0 spiro atoms. The van der Waals surface area contributed by atoms with Crippen LogP contribution in [0.15, 0.2) is 24.3 Å². The van der Waals surface area contributed by atoms with E-state index in [1.54, 1.807) is 13.8 Å². The summed E-state index contributed by atoms with van der Waals surface area (Å²) in [6.45, 7) is 14.6. The lowest BCUT2D eigenvalue weighted by molar-refractivity contribution is -0.0184.